The second kappa shape index (κ2) is 15.5. The summed E-state index contributed by atoms with van der Waals surface area (Å²) in [7, 11) is -11.7. The monoisotopic (exact) mass is 746 g/mol. The van der Waals surface area contributed by atoms with E-state index < -0.39 is 31.3 Å². The summed E-state index contributed by atoms with van der Waals surface area (Å²) in [5, 5.41) is 0. The Morgan fingerprint density at radius 2 is 0.722 bits per heavy atom. The third kappa shape index (κ3) is 13.1. The van der Waals surface area contributed by atoms with Crippen LogP contribution < -0.4 is 0 Å². The quantitative estimate of drug-likeness (QED) is 0.132. The van der Waals surface area contributed by atoms with Gasteiger partial charge in [-0.3, -0.25) is 9.11 Å². The van der Waals surface area contributed by atoms with Gasteiger partial charge in [0, 0.05) is 40.8 Å². The molecule has 2 aromatic rings. The first-order valence-electron chi connectivity index (χ1n) is 9.28. The summed E-state index contributed by atoms with van der Waals surface area (Å²) in [6.45, 7) is 0. The van der Waals surface area contributed by atoms with E-state index in [2.05, 4.69) is 61.4 Å². The van der Waals surface area contributed by atoms with Crippen molar-refractivity contribution in [1.29, 1.82) is 0 Å². The van der Waals surface area contributed by atoms with Gasteiger partial charge >= 0.3 is 31.3 Å². The van der Waals surface area contributed by atoms with E-state index in [0.717, 1.165) is 0 Å². The minimum atomic E-state index is -5.84. The van der Waals surface area contributed by atoms with E-state index in [0.29, 0.717) is 0 Å². The largest absolute Gasteiger partial charge is 0.522 e. The number of benzene rings is 2. The maximum absolute atomic E-state index is 10.7. The molecular weight excluding hydrogens is 727 g/mol. The maximum atomic E-state index is 10.7. The molecule has 0 atom stereocenters. The topological polar surface area (TPSA) is 109 Å². The maximum Gasteiger partial charge on any atom is 0.522 e. The first kappa shape index (κ1) is 37.3. The number of fused-ring (bicyclic) bond motifs is 2. The fourth-order valence-electron chi connectivity index (χ4n) is 2.68. The van der Waals surface area contributed by atoms with E-state index in [1.54, 1.807) is 0 Å². The molecule has 0 bridgehead atoms. The van der Waals surface area contributed by atoms with Gasteiger partial charge in [0.2, 0.25) is 0 Å². The molecule has 2 N–H and O–H groups in total. The van der Waals surface area contributed by atoms with Crippen molar-refractivity contribution in [3.63, 3.8) is 0 Å². The van der Waals surface area contributed by atoms with Gasteiger partial charge in [0.05, 0.1) is 0 Å². The Morgan fingerprint density at radius 1 is 0.556 bits per heavy atom. The molecule has 0 saturated carbocycles. The molecule has 0 aliphatic heterocycles. The third-order valence-electron chi connectivity index (χ3n) is 4.28. The molecule has 16 heteroatoms. The van der Waals surface area contributed by atoms with E-state index in [1.165, 1.54) is 47.9 Å². The first-order valence-corrected chi connectivity index (χ1v) is 12.2. The van der Waals surface area contributed by atoms with Crippen LogP contribution in [0, 0.1) is 12.8 Å². The molecule has 0 amide bonds. The number of halogens is 6. The van der Waals surface area contributed by atoms with Crippen LogP contribution in [0.3, 0.4) is 0 Å². The van der Waals surface area contributed by atoms with Crippen molar-refractivity contribution >= 4 is 20.2 Å². The molecule has 0 heterocycles. The van der Waals surface area contributed by atoms with E-state index >= 15 is 0 Å². The van der Waals surface area contributed by atoms with Gasteiger partial charge in [-0.15, -0.1) is 0 Å². The SMILES string of the molecule is O=S(=O)(O)C(F)(F)F.O=S(=O)(O)C(F)(F)F.[Pd].[Pd].c1ccc2c(c1)C[CH-]C2.c1ccc2c(c1)C[CH-]C2. The smallest absolute Gasteiger partial charge is 0.320 e. The second-order valence-electron chi connectivity index (χ2n) is 6.77. The molecule has 0 spiro atoms. The van der Waals surface area contributed by atoms with E-state index in [9.17, 15) is 26.3 Å². The van der Waals surface area contributed by atoms with Crippen molar-refractivity contribution in [2.45, 2.75) is 36.7 Å². The molecule has 212 valence electrons. The normalized spacial score (nSPS) is 14.0. The summed E-state index contributed by atoms with van der Waals surface area (Å²) in [4.78, 5) is 0. The van der Waals surface area contributed by atoms with Gasteiger partial charge in [0.1, 0.15) is 0 Å². The van der Waals surface area contributed by atoms with Crippen LogP contribution in [0.1, 0.15) is 22.3 Å². The number of hydrogen-bond acceptors (Lipinski definition) is 4. The van der Waals surface area contributed by atoms with Gasteiger partial charge in [-0.05, 0) is 0 Å². The molecule has 0 fully saturated rings. The summed E-state index contributed by atoms with van der Waals surface area (Å²) in [5.74, 6) is 0. The van der Waals surface area contributed by atoms with Gasteiger partial charge in [-0.2, -0.15) is 68.9 Å². The van der Waals surface area contributed by atoms with Gasteiger partial charge < -0.3 is 12.8 Å². The summed E-state index contributed by atoms with van der Waals surface area (Å²) < 4.78 is 115. The van der Waals surface area contributed by atoms with E-state index in [-0.39, 0.29) is 40.8 Å². The summed E-state index contributed by atoms with van der Waals surface area (Å²) >= 11 is 0. The zero-order valence-electron chi connectivity index (χ0n) is 17.8. The molecule has 4 rings (SSSR count). The fraction of sp³-hybridized carbons (Fsp3) is 0.300. The van der Waals surface area contributed by atoms with Crippen molar-refractivity contribution in [2.24, 2.45) is 0 Å². The Labute approximate surface area is 232 Å². The van der Waals surface area contributed by atoms with Crippen molar-refractivity contribution < 1.29 is 93.1 Å². The van der Waals surface area contributed by atoms with Gasteiger partial charge in [0.15, 0.2) is 0 Å². The average Bonchev–Trinajstić information content (AvgIpc) is 3.35. The van der Waals surface area contributed by atoms with Crippen LogP contribution in [0.4, 0.5) is 26.3 Å². The Morgan fingerprint density at radius 3 is 0.861 bits per heavy atom. The first-order chi connectivity index (χ1) is 15.4. The fourth-order valence-corrected chi connectivity index (χ4v) is 2.68. The standard InChI is InChI=1S/2C9H9.2CHF3O3S.2Pd/c2*1-2-5-9-7-3-6-8(9)4-1;2*2-1(3,4)8(5,6)7;;/h2*1-5H,6-7H2;2*(H,5,6,7);;/q2*-1;;;;. The Bertz CT molecular complexity index is 1020. The molecule has 0 radical (unpaired) electrons. The van der Waals surface area contributed by atoms with Crippen molar-refractivity contribution in [3.8, 4) is 0 Å². The molecule has 0 unspecified atom stereocenters. The van der Waals surface area contributed by atoms with Gasteiger partial charge in [-0.1, -0.05) is 70.8 Å². The van der Waals surface area contributed by atoms with Crippen LogP contribution in [-0.4, -0.2) is 37.0 Å². The van der Waals surface area contributed by atoms with Crippen LogP contribution >= 0.6 is 0 Å². The Balaban J connectivity index is 0. The summed E-state index contributed by atoms with van der Waals surface area (Å²) in [6.07, 6.45) is 9.36. The zero-order valence-corrected chi connectivity index (χ0v) is 22.6. The minimum absolute atomic E-state index is 0. The van der Waals surface area contributed by atoms with Gasteiger partial charge in [0.25, 0.3) is 0 Å². The predicted octanol–water partition coefficient (Wildman–Crippen LogP) is 4.76. The predicted molar refractivity (Wildman–Crippen MR) is 112 cm³/mol. The van der Waals surface area contributed by atoms with Crippen molar-refractivity contribution in [2.75, 3.05) is 0 Å². The molecule has 2 aromatic carbocycles. The molecule has 0 saturated heterocycles. The molecule has 2 aliphatic rings. The molecule has 6 nitrogen and oxygen atoms in total. The Hall–Kier alpha value is -0.835. The minimum Gasteiger partial charge on any atom is -0.320 e. The zero-order chi connectivity index (χ0) is 26.2. The number of alkyl halides is 6. The van der Waals surface area contributed by atoms with Crippen LogP contribution in [0.15, 0.2) is 48.5 Å². The summed E-state index contributed by atoms with van der Waals surface area (Å²) in [5.41, 5.74) is -5.02. The number of rotatable bonds is 0. The van der Waals surface area contributed by atoms with Crippen molar-refractivity contribution in [3.05, 3.63) is 83.6 Å². The summed E-state index contributed by atoms with van der Waals surface area (Å²) in [6, 6.07) is 17.3. The Kier molecular flexibility index (Phi) is 16.1. The number of hydrogen-bond donors (Lipinski definition) is 2. The van der Waals surface area contributed by atoms with Gasteiger partial charge in [-0.25, -0.2) is 0 Å². The van der Waals surface area contributed by atoms with Crippen LogP contribution in [0.5, 0.6) is 0 Å². The van der Waals surface area contributed by atoms with Crippen LogP contribution in [0.25, 0.3) is 0 Å². The average molecular weight is 747 g/mol. The molecular formula is C20H20F6O6Pd2S2-2. The second-order valence-corrected chi connectivity index (χ2v) is 9.60. The van der Waals surface area contributed by atoms with Crippen LogP contribution in [-0.2, 0) is 86.8 Å². The van der Waals surface area contributed by atoms with E-state index in [4.69, 9.17) is 25.9 Å². The van der Waals surface area contributed by atoms with Crippen LogP contribution in [0.2, 0.25) is 0 Å². The third-order valence-corrected chi connectivity index (χ3v) is 5.45. The van der Waals surface area contributed by atoms with Crippen molar-refractivity contribution in [1.82, 2.24) is 0 Å². The molecule has 0 aromatic heterocycles. The molecule has 36 heavy (non-hydrogen) atoms. The van der Waals surface area contributed by atoms with E-state index in [1.807, 2.05) is 0 Å². The molecule has 2 aliphatic carbocycles.